The quantitative estimate of drug-likeness (QED) is 0.711. The van der Waals surface area contributed by atoms with Crippen molar-refractivity contribution in [3.63, 3.8) is 0 Å². The first-order valence-corrected chi connectivity index (χ1v) is 11.8. The SMILES string of the molecule is CCCc1sc(C(=O)Nc2cccc(S(=O)(=O)NC3=NCCC3)c2)cc1CC. The number of rotatable bonds is 7. The van der Waals surface area contributed by atoms with Gasteiger partial charge in [-0.25, -0.2) is 8.42 Å². The number of benzene rings is 1. The number of amides is 1. The fourth-order valence-corrected chi connectivity index (χ4v) is 5.47. The van der Waals surface area contributed by atoms with Crippen molar-refractivity contribution in [2.45, 2.75) is 50.8 Å². The molecule has 0 fully saturated rings. The molecule has 1 aromatic carbocycles. The summed E-state index contributed by atoms with van der Waals surface area (Å²) in [4.78, 5) is 18.8. The Balaban J connectivity index is 1.76. The van der Waals surface area contributed by atoms with Gasteiger partial charge in [-0.2, -0.15) is 0 Å². The number of hydrogen-bond acceptors (Lipinski definition) is 5. The maximum absolute atomic E-state index is 12.7. The molecule has 2 aromatic rings. The third kappa shape index (κ3) is 4.80. The largest absolute Gasteiger partial charge is 0.321 e. The Bertz CT molecular complexity index is 994. The monoisotopic (exact) mass is 419 g/mol. The zero-order chi connectivity index (χ0) is 20.1. The zero-order valence-electron chi connectivity index (χ0n) is 16.1. The van der Waals surface area contributed by atoms with Crippen LogP contribution in [-0.2, 0) is 22.9 Å². The van der Waals surface area contributed by atoms with Gasteiger partial charge in [-0.05, 0) is 49.1 Å². The molecule has 8 heteroatoms. The van der Waals surface area contributed by atoms with E-state index in [2.05, 4.69) is 28.9 Å². The highest BCUT2D eigenvalue weighted by molar-refractivity contribution is 7.90. The Labute approximate surface area is 170 Å². The Morgan fingerprint density at radius 3 is 2.75 bits per heavy atom. The molecule has 0 bridgehead atoms. The lowest BCUT2D eigenvalue weighted by Gasteiger charge is -2.09. The summed E-state index contributed by atoms with van der Waals surface area (Å²) in [5.41, 5.74) is 1.65. The van der Waals surface area contributed by atoms with Gasteiger partial charge in [0.05, 0.1) is 9.77 Å². The summed E-state index contributed by atoms with van der Waals surface area (Å²) in [7, 11) is -3.71. The number of sulfonamides is 1. The number of thiophene rings is 1. The van der Waals surface area contributed by atoms with E-state index in [0.29, 0.717) is 29.4 Å². The second-order valence-corrected chi connectivity index (χ2v) is 9.50. The molecule has 1 amide bonds. The van der Waals surface area contributed by atoms with E-state index in [0.717, 1.165) is 25.7 Å². The second kappa shape index (κ2) is 8.87. The number of nitrogens with zero attached hydrogens (tertiary/aromatic N) is 1. The van der Waals surface area contributed by atoms with E-state index in [1.54, 1.807) is 12.1 Å². The van der Waals surface area contributed by atoms with Gasteiger partial charge in [0.2, 0.25) is 0 Å². The normalized spacial score (nSPS) is 14.0. The third-order valence-corrected chi connectivity index (χ3v) is 7.12. The van der Waals surface area contributed by atoms with E-state index in [-0.39, 0.29) is 10.8 Å². The summed E-state index contributed by atoms with van der Waals surface area (Å²) >= 11 is 1.51. The highest BCUT2D eigenvalue weighted by Crippen LogP contribution is 2.26. The summed E-state index contributed by atoms with van der Waals surface area (Å²) in [6.45, 7) is 4.85. The number of aryl methyl sites for hydroxylation is 2. The first kappa shape index (κ1) is 20.5. The van der Waals surface area contributed by atoms with Crippen LogP contribution in [0.4, 0.5) is 5.69 Å². The summed E-state index contributed by atoms with van der Waals surface area (Å²) in [6, 6.07) is 8.22. The number of nitrogens with one attached hydrogen (secondary N) is 2. The van der Waals surface area contributed by atoms with Gasteiger partial charge < -0.3 is 5.32 Å². The molecule has 0 spiro atoms. The van der Waals surface area contributed by atoms with Gasteiger partial charge in [0.15, 0.2) is 0 Å². The summed E-state index contributed by atoms with van der Waals surface area (Å²) in [6.07, 6.45) is 4.38. The molecular formula is C20H25N3O3S2. The van der Waals surface area contributed by atoms with Crippen LogP contribution in [0.1, 0.15) is 53.2 Å². The Morgan fingerprint density at radius 1 is 1.25 bits per heavy atom. The van der Waals surface area contributed by atoms with Crippen molar-refractivity contribution in [1.82, 2.24) is 4.72 Å². The molecular weight excluding hydrogens is 394 g/mol. The molecule has 1 aliphatic heterocycles. The summed E-state index contributed by atoms with van der Waals surface area (Å²) < 4.78 is 27.6. The van der Waals surface area contributed by atoms with Crippen molar-refractivity contribution in [2.24, 2.45) is 4.99 Å². The highest BCUT2D eigenvalue weighted by Gasteiger charge is 2.19. The summed E-state index contributed by atoms with van der Waals surface area (Å²) in [5, 5.41) is 2.82. The van der Waals surface area contributed by atoms with Crippen LogP contribution in [0.3, 0.4) is 0 Å². The average Bonchev–Trinajstić information content (AvgIpc) is 3.31. The third-order valence-electron chi connectivity index (χ3n) is 4.51. The van der Waals surface area contributed by atoms with Crippen LogP contribution in [-0.4, -0.2) is 26.7 Å². The van der Waals surface area contributed by atoms with E-state index in [1.807, 2.05) is 6.07 Å². The predicted molar refractivity (Wildman–Crippen MR) is 114 cm³/mol. The standard InChI is InChI=1S/C20H25N3O3S2/c1-3-7-17-14(4-2)12-18(27-17)20(24)22-15-8-5-9-16(13-15)28(25,26)23-19-10-6-11-21-19/h5,8-9,12-13H,3-4,6-7,10-11H2,1-2H3,(H,21,23)(H,22,24). The summed E-state index contributed by atoms with van der Waals surface area (Å²) in [5.74, 6) is 0.272. The fraction of sp³-hybridized carbons (Fsp3) is 0.400. The van der Waals surface area contributed by atoms with Gasteiger partial charge in [0.1, 0.15) is 5.84 Å². The molecule has 0 aliphatic carbocycles. The van der Waals surface area contributed by atoms with Crippen LogP contribution in [0.25, 0.3) is 0 Å². The number of hydrogen-bond donors (Lipinski definition) is 2. The van der Waals surface area contributed by atoms with Crippen molar-refractivity contribution in [1.29, 1.82) is 0 Å². The zero-order valence-corrected chi connectivity index (χ0v) is 17.8. The van der Waals surface area contributed by atoms with Gasteiger partial charge >= 0.3 is 0 Å². The number of amidine groups is 1. The maximum Gasteiger partial charge on any atom is 0.265 e. The highest BCUT2D eigenvalue weighted by atomic mass is 32.2. The molecule has 0 atom stereocenters. The number of carbonyl (C=O) groups is 1. The Hall–Kier alpha value is -2.19. The Morgan fingerprint density at radius 2 is 2.07 bits per heavy atom. The molecule has 1 aliphatic rings. The molecule has 3 rings (SSSR count). The van der Waals surface area contributed by atoms with Crippen LogP contribution >= 0.6 is 11.3 Å². The van der Waals surface area contributed by atoms with Gasteiger partial charge in [-0.15, -0.1) is 11.3 Å². The fourth-order valence-electron chi connectivity index (χ4n) is 3.09. The smallest absolute Gasteiger partial charge is 0.265 e. The van der Waals surface area contributed by atoms with Crippen LogP contribution < -0.4 is 10.0 Å². The molecule has 0 radical (unpaired) electrons. The van der Waals surface area contributed by atoms with E-state index in [1.165, 1.54) is 33.9 Å². The lowest BCUT2D eigenvalue weighted by Crippen LogP contribution is -2.29. The minimum atomic E-state index is -3.71. The molecule has 2 heterocycles. The van der Waals surface area contributed by atoms with E-state index in [9.17, 15) is 13.2 Å². The minimum Gasteiger partial charge on any atom is -0.321 e. The molecule has 0 saturated heterocycles. The van der Waals surface area contributed by atoms with Crippen molar-refractivity contribution < 1.29 is 13.2 Å². The number of aliphatic imine (C=N–C) groups is 1. The average molecular weight is 420 g/mol. The molecule has 2 N–H and O–H groups in total. The topological polar surface area (TPSA) is 87.6 Å². The van der Waals surface area contributed by atoms with Gasteiger partial charge in [-0.1, -0.05) is 26.3 Å². The number of anilines is 1. The van der Waals surface area contributed by atoms with Crippen molar-refractivity contribution in [3.8, 4) is 0 Å². The molecule has 28 heavy (non-hydrogen) atoms. The lowest BCUT2D eigenvalue weighted by atomic mass is 10.1. The number of carbonyl (C=O) groups excluding carboxylic acids is 1. The van der Waals surface area contributed by atoms with Crippen LogP contribution in [0.15, 0.2) is 40.2 Å². The van der Waals surface area contributed by atoms with Crippen LogP contribution in [0.2, 0.25) is 0 Å². The first-order valence-electron chi connectivity index (χ1n) is 9.52. The van der Waals surface area contributed by atoms with Crippen molar-refractivity contribution in [2.75, 3.05) is 11.9 Å². The predicted octanol–water partition coefficient (Wildman–Crippen LogP) is 3.99. The van der Waals surface area contributed by atoms with Gasteiger partial charge in [0.25, 0.3) is 15.9 Å². The molecule has 1 aromatic heterocycles. The first-order chi connectivity index (χ1) is 13.4. The maximum atomic E-state index is 12.7. The van der Waals surface area contributed by atoms with Gasteiger partial charge in [0, 0.05) is 23.5 Å². The van der Waals surface area contributed by atoms with Gasteiger partial charge in [-0.3, -0.25) is 14.5 Å². The molecule has 150 valence electrons. The van der Waals surface area contributed by atoms with E-state index in [4.69, 9.17) is 0 Å². The lowest BCUT2D eigenvalue weighted by molar-refractivity contribution is 0.103. The molecule has 6 nitrogen and oxygen atoms in total. The van der Waals surface area contributed by atoms with E-state index < -0.39 is 10.0 Å². The van der Waals surface area contributed by atoms with Crippen molar-refractivity contribution >= 4 is 38.8 Å². The Kier molecular flexibility index (Phi) is 6.51. The minimum absolute atomic E-state index is 0.104. The van der Waals surface area contributed by atoms with Crippen molar-refractivity contribution in [3.05, 3.63) is 45.6 Å². The van der Waals surface area contributed by atoms with Crippen LogP contribution in [0, 0.1) is 0 Å². The molecule has 0 unspecified atom stereocenters. The second-order valence-electron chi connectivity index (χ2n) is 6.68. The van der Waals surface area contributed by atoms with Crippen LogP contribution in [0.5, 0.6) is 0 Å². The van der Waals surface area contributed by atoms with E-state index >= 15 is 0 Å². The molecule has 0 saturated carbocycles.